The molecule has 0 spiro atoms. The van der Waals surface area contributed by atoms with Crippen LogP contribution < -0.4 is 4.90 Å². The van der Waals surface area contributed by atoms with Crippen molar-refractivity contribution in [2.24, 2.45) is 0 Å². The van der Waals surface area contributed by atoms with Crippen LogP contribution in [-0.2, 0) is 0 Å². The van der Waals surface area contributed by atoms with Crippen molar-refractivity contribution in [1.29, 1.82) is 0 Å². The number of pyridine rings is 1. The molecule has 0 saturated carbocycles. The number of nitrogens with zero attached hydrogens (tertiary/aromatic N) is 2. The number of halogens is 6. The van der Waals surface area contributed by atoms with Gasteiger partial charge in [0.15, 0.2) is 0 Å². The van der Waals surface area contributed by atoms with E-state index < -0.39 is 40.6 Å². The predicted octanol–water partition coefficient (Wildman–Crippen LogP) is 3.79. The van der Waals surface area contributed by atoms with E-state index in [-0.39, 0.29) is 11.1 Å². The first-order chi connectivity index (χ1) is 11.4. The van der Waals surface area contributed by atoms with Gasteiger partial charge in [0.05, 0.1) is 22.3 Å². The molecule has 0 aliphatic carbocycles. The normalized spacial score (nSPS) is 12.3. The van der Waals surface area contributed by atoms with Gasteiger partial charge in [0.2, 0.25) is 0 Å². The van der Waals surface area contributed by atoms with Crippen LogP contribution in [0.4, 0.5) is 32.0 Å². The summed E-state index contributed by atoms with van der Waals surface area (Å²) in [5.74, 6) is -4.73. The molecule has 2 rings (SSSR count). The van der Waals surface area contributed by atoms with Crippen molar-refractivity contribution in [3.8, 4) is 0 Å². The molecular weight excluding hydrogens is 354 g/mol. The Morgan fingerprint density at radius 1 is 0.960 bits per heavy atom. The molecule has 10 heteroatoms. The van der Waals surface area contributed by atoms with Crippen molar-refractivity contribution in [2.75, 3.05) is 19.0 Å². The zero-order chi connectivity index (χ0) is 19.2. The van der Waals surface area contributed by atoms with Gasteiger partial charge in [-0.3, -0.25) is 14.6 Å². The minimum atomic E-state index is -5.33. The van der Waals surface area contributed by atoms with Crippen molar-refractivity contribution in [3.63, 3.8) is 0 Å². The second-order valence-electron chi connectivity index (χ2n) is 5.27. The van der Waals surface area contributed by atoms with E-state index in [1.54, 1.807) is 0 Å². The van der Waals surface area contributed by atoms with Crippen LogP contribution >= 0.6 is 0 Å². The van der Waals surface area contributed by atoms with Crippen LogP contribution in [-0.4, -0.2) is 43.0 Å². The lowest BCUT2D eigenvalue weighted by Crippen LogP contribution is -2.28. The first kappa shape index (κ1) is 18.7. The van der Waals surface area contributed by atoms with Crippen LogP contribution in [0, 0.1) is 0 Å². The van der Waals surface area contributed by atoms with Gasteiger partial charge >= 0.3 is 12.4 Å². The summed E-state index contributed by atoms with van der Waals surface area (Å²) in [4.78, 5) is 28.1. The fourth-order valence-electron chi connectivity index (χ4n) is 2.37. The third-order valence-corrected chi connectivity index (χ3v) is 3.31. The summed E-state index contributed by atoms with van der Waals surface area (Å²) >= 11 is 0. The maximum atomic E-state index is 12.9. The number of anilines is 1. The topological polar surface area (TPSA) is 50.3 Å². The van der Waals surface area contributed by atoms with Crippen LogP contribution in [0.15, 0.2) is 24.4 Å². The second-order valence-corrected chi connectivity index (χ2v) is 5.27. The molecule has 134 valence electrons. The van der Waals surface area contributed by atoms with Crippen LogP contribution in [0.25, 0.3) is 10.9 Å². The average molecular weight is 364 g/mol. The quantitative estimate of drug-likeness (QED) is 0.614. The van der Waals surface area contributed by atoms with Crippen molar-refractivity contribution < 1.29 is 35.9 Å². The lowest BCUT2D eigenvalue weighted by Gasteiger charge is -2.21. The number of rotatable bonds is 3. The molecule has 0 amide bonds. The molecule has 0 atom stereocenters. The number of carbonyl (C=O) groups is 2. The van der Waals surface area contributed by atoms with E-state index in [2.05, 4.69) is 4.98 Å². The van der Waals surface area contributed by atoms with Crippen molar-refractivity contribution in [2.45, 2.75) is 12.4 Å². The molecule has 0 N–H and O–H groups in total. The van der Waals surface area contributed by atoms with E-state index >= 15 is 0 Å². The highest BCUT2D eigenvalue weighted by Gasteiger charge is 2.44. The Morgan fingerprint density at radius 3 is 1.96 bits per heavy atom. The Balaban J connectivity index is 2.95. The summed E-state index contributed by atoms with van der Waals surface area (Å²) in [5, 5.41) is -0.171. The monoisotopic (exact) mass is 364 g/mol. The minimum Gasteiger partial charge on any atom is -0.377 e. The first-order valence-corrected chi connectivity index (χ1v) is 6.67. The van der Waals surface area contributed by atoms with Crippen molar-refractivity contribution >= 4 is 28.2 Å². The fourth-order valence-corrected chi connectivity index (χ4v) is 2.37. The molecule has 25 heavy (non-hydrogen) atoms. The molecule has 0 bridgehead atoms. The number of hydrogen-bond acceptors (Lipinski definition) is 4. The van der Waals surface area contributed by atoms with E-state index in [0.29, 0.717) is 6.07 Å². The maximum absolute atomic E-state index is 12.9. The summed E-state index contributed by atoms with van der Waals surface area (Å²) < 4.78 is 76.9. The van der Waals surface area contributed by atoms with E-state index in [1.165, 1.54) is 26.2 Å². The molecule has 1 aromatic heterocycles. The number of Topliss-reactive ketones (excluding diaryl/α,β-unsaturated/α-hetero) is 2. The lowest BCUT2D eigenvalue weighted by atomic mass is 9.96. The second kappa shape index (κ2) is 6.01. The third kappa shape index (κ3) is 3.42. The Morgan fingerprint density at radius 2 is 1.48 bits per heavy atom. The highest BCUT2D eigenvalue weighted by Crippen LogP contribution is 2.37. The van der Waals surface area contributed by atoms with Gasteiger partial charge in [0.25, 0.3) is 11.6 Å². The molecule has 0 aliphatic rings. The molecule has 2 aromatic rings. The average Bonchev–Trinajstić information content (AvgIpc) is 2.49. The molecule has 0 unspecified atom stereocenters. The number of aromatic nitrogens is 1. The van der Waals surface area contributed by atoms with Gasteiger partial charge in [0.1, 0.15) is 0 Å². The highest BCUT2D eigenvalue weighted by molar-refractivity contribution is 6.18. The number of carbonyl (C=O) groups excluding carboxylic acids is 2. The lowest BCUT2D eigenvalue weighted by molar-refractivity contribution is -0.0886. The third-order valence-electron chi connectivity index (χ3n) is 3.31. The zero-order valence-electron chi connectivity index (χ0n) is 12.8. The van der Waals surface area contributed by atoms with E-state index in [9.17, 15) is 35.9 Å². The number of hydrogen-bond donors (Lipinski definition) is 0. The van der Waals surface area contributed by atoms with E-state index in [1.807, 2.05) is 0 Å². The number of alkyl halides is 6. The van der Waals surface area contributed by atoms with E-state index in [0.717, 1.165) is 11.1 Å². The largest absolute Gasteiger partial charge is 0.454 e. The molecule has 0 saturated heterocycles. The van der Waals surface area contributed by atoms with E-state index in [4.69, 9.17) is 0 Å². The van der Waals surface area contributed by atoms with Crippen molar-refractivity contribution in [3.05, 3.63) is 35.5 Å². The Kier molecular flexibility index (Phi) is 4.49. The van der Waals surface area contributed by atoms with Gasteiger partial charge in [-0.2, -0.15) is 26.3 Å². The van der Waals surface area contributed by atoms with Crippen LogP contribution in [0.2, 0.25) is 0 Å². The number of ketones is 2. The summed E-state index contributed by atoms with van der Waals surface area (Å²) in [6.07, 6.45) is -9.55. The summed E-state index contributed by atoms with van der Waals surface area (Å²) in [5.41, 5.74) is -2.87. The molecule has 0 radical (unpaired) electrons. The SMILES string of the molecule is CN(C)c1c(C(=O)C(F)(F)F)cc(C(=O)C(F)(F)F)c2ncccc12. The van der Waals surface area contributed by atoms with Gasteiger partial charge in [-0.1, -0.05) is 0 Å². The molecule has 1 aromatic carbocycles. The zero-order valence-corrected chi connectivity index (χ0v) is 12.8. The molecule has 1 heterocycles. The minimum absolute atomic E-state index is 0.171. The Labute approximate surface area is 137 Å². The number of benzene rings is 1. The van der Waals surface area contributed by atoms with Gasteiger partial charge in [-0.05, 0) is 18.2 Å². The summed E-state index contributed by atoms with van der Waals surface area (Å²) in [7, 11) is 2.64. The fraction of sp³-hybridized carbons (Fsp3) is 0.267. The number of fused-ring (bicyclic) bond motifs is 1. The maximum Gasteiger partial charge on any atom is 0.454 e. The van der Waals surface area contributed by atoms with Gasteiger partial charge in [-0.15, -0.1) is 0 Å². The standard InChI is InChI=1S/C15H10F6N2O2/c1-23(2)11-7-4-3-5-22-10(7)8(12(24)14(16,17)18)6-9(11)13(25)15(19,20)21/h3-6H,1-2H3. The Hall–Kier alpha value is -2.65. The smallest absolute Gasteiger partial charge is 0.377 e. The van der Waals surface area contributed by atoms with Gasteiger partial charge in [-0.25, -0.2) is 0 Å². The molecular formula is C15H10F6N2O2. The molecule has 0 fully saturated rings. The summed E-state index contributed by atoms with van der Waals surface area (Å²) in [6.45, 7) is 0. The molecule has 4 nitrogen and oxygen atoms in total. The van der Waals surface area contributed by atoms with Gasteiger partial charge in [0, 0.05) is 25.7 Å². The van der Waals surface area contributed by atoms with Crippen LogP contribution in [0.5, 0.6) is 0 Å². The first-order valence-electron chi connectivity index (χ1n) is 6.67. The molecule has 0 aliphatic heterocycles. The van der Waals surface area contributed by atoms with Crippen LogP contribution in [0.1, 0.15) is 20.7 Å². The Bertz CT molecular complexity index is 855. The van der Waals surface area contributed by atoms with Crippen molar-refractivity contribution in [1.82, 2.24) is 4.98 Å². The predicted molar refractivity (Wildman–Crippen MR) is 76.8 cm³/mol. The van der Waals surface area contributed by atoms with Gasteiger partial charge < -0.3 is 4.90 Å². The summed E-state index contributed by atoms with van der Waals surface area (Å²) in [6, 6.07) is 2.77. The van der Waals surface area contributed by atoms with Crippen LogP contribution in [0.3, 0.4) is 0 Å². The highest BCUT2D eigenvalue weighted by atomic mass is 19.4.